The van der Waals surface area contributed by atoms with E-state index in [1.807, 2.05) is 177 Å². The first-order chi connectivity index (χ1) is 57.1. The number of nitrogens with one attached hydrogen (secondary N) is 3. The number of fused-ring (bicyclic) bond motifs is 3. The molecule has 7 aromatic heterocycles. The van der Waals surface area contributed by atoms with Gasteiger partial charge in [-0.15, -0.1) is 11.3 Å². The SMILES string of the molecule is C=C(C)c1ccc(S(=O)(=O)N[C@@H]2CCN(c3cc(C)nn4c(-c5ccc(OC)c(OC)c5)c(C)nc34)C2)cc1.COc1ccc(-c2c(C)nc3c(N4CC[C@@H](NS(=O)(=O)c5ccc(-c6cccs6)cc5)C4)cc(C)nn23)cc1OC.COc1ccc(-c2c(C)nc3c(N4CC[C@@H](NS(=O)(=O)c5ccc(C6CC6)cc5)C4)cc(C)nn23)cc1OC. The smallest absolute Gasteiger partial charge is 0.240 e. The maximum absolute atomic E-state index is 13.2. The Bertz CT molecular complexity index is 6330. The van der Waals surface area contributed by atoms with Gasteiger partial charge in [-0.25, -0.2) is 67.9 Å². The molecule has 4 fully saturated rings. The number of rotatable bonds is 24. The number of hydrogen-bond donors (Lipinski definition) is 3. The highest BCUT2D eigenvalue weighted by Gasteiger charge is 2.35. The zero-order chi connectivity index (χ0) is 83.9. The van der Waals surface area contributed by atoms with Crippen LogP contribution in [0.4, 0.5) is 17.1 Å². The van der Waals surface area contributed by atoms with Crippen LogP contribution >= 0.6 is 11.3 Å². The fourth-order valence-corrected chi connectivity index (χ4v) is 20.4. The average molecular weight is 1690 g/mol. The van der Waals surface area contributed by atoms with E-state index < -0.39 is 30.1 Å². The number of methoxy groups -OCH3 is 6. The molecule has 1 saturated carbocycles. The van der Waals surface area contributed by atoms with Gasteiger partial charge < -0.3 is 43.1 Å². The molecule has 0 spiro atoms. The Balaban J connectivity index is 0.000000139. The molecule has 3 saturated heterocycles. The van der Waals surface area contributed by atoms with E-state index in [2.05, 4.69) is 35.4 Å². The summed E-state index contributed by atoms with van der Waals surface area (Å²) in [6.07, 6.45) is 4.45. The molecule has 3 aliphatic heterocycles. The van der Waals surface area contributed by atoms with Gasteiger partial charge in [-0.05, 0) is 224 Å². The van der Waals surface area contributed by atoms with Gasteiger partial charge in [-0.1, -0.05) is 54.6 Å². The van der Waals surface area contributed by atoms with Crippen LogP contribution < -0.4 is 57.3 Å². The van der Waals surface area contributed by atoms with Crippen molar-refractivity contribution < 1.29 is 53.7 Å². The lowest BCUT2D eigenvalue weighted by Crippen LogP contribution is -2.37. The van der Waals surface area contributed by atoms with Crippen molar-refractivity contribution in [2.75, 3.05) is 96.6 Å². The van der Waals surface area contributed by atoms with E-state index in [0.717, 1.165) is 124 Å². The molecule has 27 nitrogen and oxygen atoms in total. The quantitative estimate of drug-likeness (QED) is 0.0506. The number of aryl methyl sites for hydroxylation is 6. The fraction of sp³-hybridized carbons (Fsp3) is 0.318. The molecule has 17 rings (SSSR count). The lowest BCUT2D eigenvalue weighted by Gasteiger charge is -2.20. The highest BCUT2D eigenvalue weighted by molar-refractivity contribution is 7.90. The lowest BCUT2D eigenvalue weighted by molar-refractivity contribution is 0.355. The van der Waals surface area contributed by atoms with Crippen LogP contribution in [0.15, 0.2) is 184 Å². The minimum atomic E-state index is -3.67. The predicted molar refractivity (Wildman–Crippen MR) is 465 cm³/mol. The van der Waals surface area contributed by atoms with Crippen molar-refractivity contribution in [1.82, 2.24) is 58.0 Å². The van der Waals surface area contributed by atoms with Crippen molar-refractivity contribution in [1.29, 1.82) is 0 Å². The number of imidazole rings is 3. The maximum Gasteiger partial charge on any atom is 0.240 e. The number of benzene rings is 6. The number of aromatic nitrogens is 9. The fourth-order valence-electron chi connectivity index (χ4n) is 15.9. The summed E-state index contributed by atoms with van der Waals surface area (Å²) in [6.45, 7) is 21.3. The third kappa shape index (κ3) is 17.3. The van der Waals surface area contributed by atoms with Gasteiger partial charge in [0, 0.05) is 79.0 Å². The van der Waals surface area contributed by atoms with E-state index in [-0.39, 0.29) is 27.9 Å². The second-order valence-corrected chi connectivity index (χ2v) is 36.5. The highest BCUT2D eigenvalue weighted by atomic mass is 32.2. The summed E-state index contributed by atoms with van der Waals surface area (Å²) < 4.78 is 126. The zero-order valence-corrected chi connectivity index (χ0v) is 72.0. The molecular weight excluding hydrogens is 1590 g/mol. The molecule has 10 heterocycles. The predicted octanol–water partition coefficient (Wildman–Crippen LogP) is 14.4. The summed E-state index contributed by atoms with van der Waals surface area (Å²) in [5, 5.41) is 16.4. The molecule has 13 aromatic rings. The van der Waals surface area contributed by atoms with Crippen LogP contribution in [0, 0.1) is 41.5 Å². The molecule has 1 aliphatic carbocycles. The molecule has 0 amide bonds. The molecule has 4 aliphatic rings. The highest BCUT2D eigenvalue weighted by Crippen LogP contribution is 2.43. The van der Waals surface area contributed by atoms with Crippen LogP contribution in [0.2, 0.25) is 0 Å². The van der Waals surface area contributed by atoms with E-state index in [1.165, 1.54) is 18.4 Å². The van der Waals surface area contributed by atoms with Crippen LogP contribution in [-0.2, 0) is 30.1 Å². The van der Waals surface area contributed by atoms with Gasteiger partial charge >= 0.3 is 0 Å². The van der Waals surface area contributed by atoms with Gasteiger partial charge in [-0.2, -0.15) is 15.3 Å². The van der Waals surface area contributed by atoms with Gasteiger partial charge in [-0.3, -0.25) is 0 Å². The minimum Gasteiger partial charge on any atom is -0.493 e. The molecular formula is C88H97N15O12S4. The van der Waals surface area contributed by atoms with Crippen LogP contribution in [0.25, 0.3) is 66.7 Å². The van der Waals surface area contributed by atoms with Crippen LogP contribution in [-0.4, -0.2) is 169 Å². The Hall–Kier alpha value is -11.5. The standard InChI is InChI=1S/C30H31N5O4S2.2C29H33N5O4S/c1-19-16-25(30-31-20(2)29(35(30)32-19)22-9-12-26(38-3)27(17-22)39-4)34-14-13-23(18-34)33-41(36,37)24-10-7-21(8-11-24)28-6-5-15-40-28;1-18-15-25(29-30-19(2)28(34(29)31-18)22-9-12-26(37-3)27(16-22)38-4)33-14-13-23(17-33)32-39(35,36)24-10-7-21(8-11-24)20-5-6-20;1-18(2)21-7-10-24(11-8-21)39(35,36)32-23-13-14-33(17-23)25-15-19(3)31-34-28(20(4)30-29(25)34)22-9-12-26(37-5)27(16-22)38-6/h5-12,15-17,23,33H,13-14,18H2,1-4H3;7-12,15-16,20,23,32H,5-6,13-14,17H2,1-4H3;7-12,15-16,23,32H,1,13-14,17H2,2-6H3/t3*23-/m111/s1. The number of anilines is 3. The van der Waals surface area contributed by atoms with Gasteiger partial charge in [0.05, 0.1) is 126 Å². The van der Waals surface area contributed by atoms with Gasteiger partial charge in [0.15, 0.2) is 51.4 Å². The molecule has 6 aromatic carbocycles. The maximum atomic E-state index is 13.2. The number of allylic oxidation sites excluding steroid dienone is 1. The Morgan fingerprint density at radius 2 is 0.723 bits per heavy atom. The van der Waals surface area contributed by atoms with Crippen molar-refractivity contribution in [3.8, 4) is 78.7 Å². The Morgan fingerprint density at radius 1 is 0.403 bits per heavy atom. The molecule has 119 heavy (non-hydrogen) atoms. The molecule has 0 unspecified atom stereocenters. The second kappa shape index (κ2) is 34.1. The van der Waals surface area contributed by atoms with E-state index in [1.54, 1.807) is 103 Å². The number of ether oxygens (including phenoxy) is 6. The summed E-state index contributed by atoms with van der Waals surface area (Å²) in [6, 6.07) is 47.9. The summed E-state index contributed by atoms with van der Waals surface area (Å²) in [4.78, 5) is 23.2. The minimum absolute atomic E-state index is 0.201. The Morgan fingerprint density at radius 3 is 1.03 bits per heavy atom. The molecule has 0 radical (unpaired) electrons. The van der Waals surface area contributed by atoms with Crippen LogP contribution in [0.1, 0.15) is 90.2 Å². The van der Waals surface area contributed by atoms with Gasteiger partial charge in [0.25, 0.3) is 0 Å². The second-order valence-electron chi connectivity index (χ2n) is 30.4. The van der Waals surface area contributed by atoms with E-state index in [4.69, 9.17) is 58.7 Å². The van der Waals surface area contributed by atoms with Gasteiger partial charge in [0.1, 0.15) is 0 Å². The van der Waals surface area contributed by atoms with Crippen molar-refractivity contribution in [2.45, 2.75) is 119 Å². The van der Waals surface area contributed by atoms with Crippen molar-refractivity contribution in [3.05, 3.63) is 215 Å². The number of nitrogens with zero attached hydrogens (tertiary/aromatic N) is 12. The summed E-state index contributed by atoms with van der Waals surface area (Å²) in [5.74, 6) is 4.43. The third-order valence-electron chi connectivity index (χ3n) is 22.0. The summed E-state index contributed by atoms with van der Waals surface area (Å²) >= 11 is 1.63. The molecule has 0 bridgehead atoms. The number of sulfonamides is 3. The first-order valence-electron chi connectivity index (χ1n) is 39.3. The first-order valence-corrected chi connectivity index (χ1v) is 44.6. The zero-order valence-electron chi connectivity index (χ0n) is 68.8. The van der Waals surface area contributed by atoms with Crippen molar-refractivity contribution >= 4 is 81.0 Å². The largest absolute Gasteiger partial charge is 0.493 e. The average Bonchev–Trinajstić information content (AvgIpc) is 1.62. The van der Waals surface area contributed by atoms with E-state index >= 15 is 0 Å². The van der Waals surface area contributed by atoms with Crippen molar-refractivity contribution in [2.24, 2.45) is 0 Å². The Kier molecular flexibility index (Phi) is 23.7. The summed E-state index contributed by atoms with van der Waals surface area (Å²) in [7, 11) is -1.25. The molecule has 31 heteroatoms. The van der Waals surface area contributed by atoms with E-state index in [0.29, 0.717) is 104 Å². The van der Waals surface area contributed by atoms with Crippen LogP contribution in [0.5, 0.6) is 34.5 Å². The van der Waals surface area contributed by atoms with Crippen molar-refractivity contribution in [3.63, 3.8) is 0 Å². The number of hydrogen-bond acceptors (Lipinski definition) is 22. The Labute approximate surface area is 697 Å². The molecule has 3 N–H and O–H groups in total. The van der Waals surface area contributed by atoms with Gasteiger partial charge in [0.2, 0.25) is 30.1 Å². The lowest BCUT2D eigenvalue weighted by atomic mass is 10.1. The summed E-state index contributed by atoms with van der Waals surface area (Å²) in [5.41, 5.74) is 19.4. The molecule has 3 atom stereocenters. The molecule has 620 valence electrons. The third-order valence-corrected chi connectivity index (χ3v) is 27.5. The van der Waals surface area contributed by atoms with Crippen LogP contribution in [0.3, 0.4) is 0 Å². The monoisotopic (exact) mass is 1680 g/mol. The van der Waals surface area contributed by atoms with E-state index in [9.17, 15) is 25.3 Å². The normalized spacial score (nSPS) is 16.2. The topological polar surface area (TPSA) is 294 Å². The number of thiophene rings is 1. The first kappa shape index (κ1) is 82.6.